The molecule has 1 heterocycles. The van der Waals surface area contributed by atoms with Gasteiger partial charge in [0.1, 0.15) is 12.2 Å². The first-order valence-electron chi connectivity index (χ1n) is 7.15. The van der Waals surface area contributed by atoms with Crippen molar-refractivity contribution in [1.29, 1.82) is 0 Å². The third-order valence-corrected chi connectivity index (χ3v) is 4.03. The highest BCUT2D eigenvalue weighted by Crippen LogP contribution is 2.46. The zero-order valence-corrected chi connectivity index (χ0v) is 12.1. The molecular weight excluding hydrogens is 224 g/mol. The lowest BCUT2D eigenvalue weighted by Gasteiger charge is -2.31. The number of hydrogen-bond donors (Lipinski definition) is 1. The van der Waals surface area contributed by atoms with Crippen LogP contribution in [-0.2, 0) is 13.0 Å². The van der Waals surface area contributed by atoms with Gasteiger partial charge in [-0.25, -0.2) is 4.98 Å². The second-order valence-corrected chi connectivity index (χ2v) is 6.13. The van der Waals surface area contributed by atoms with Crippen LogP contribution < -0.4 is 5.32 Å². The molecule has 102 valence electrons. The average molecular weight is 250 g/mol. The van der Waals surface area contributed by atoms with Crippen LogP contribution in [0.2, 0.25) is 0 Å². The molecule has 1 fully saturated rings. The molecule has 0 amide bonds. The van der Waals surface area contributed by atoms with E-state index in [4.69, 9.17) is 0 Å². The van der Waals surface area contributed by atoms with E-state index in [0.29, 0.717) is 11.5 Å². The molecule has 1 unspecified atom stereocenters. The third-order valence-electron chi connectivity index (χ3n) is 4.03. The molecule has 1 aliphatic rings. The van der Waals surface area contributed by atoms with Crippen molar-refractivity contribution < 1.29 is 0 Å². The van der Waals surface area contributed by atoms with Crippen molar-refractivity contribution >= 4 is 0 Å². The van der Waals surface area contributed by atoms with Crippen molar-refractivity contribution in [1.82, 2.24) is 20.1 Å². The van der Waals surface area contributed by atoms with Gasteiger partial charge < -0.3 is 5.32 Å². The molecule has 0 saturated heterocycles. The molecule has 4 heteroatoms. The number of aryl methyl sites for hydroxylation is 1. The number of nitrogens with zero attached hydrogens (tertiary/aromatic N) is 3. The average Bonchev–Trinajstić information content (AvgIpc) is 3.09. The molecule has 1 aromatic rings. The molecule has 18 heavy (non-hydrogen) atoms. The Bertz CT molecular complexity index is 381. The first-order valence-corrected chi connectivity index (χ1v) is 7.15. The standard InChI is InChI=1S/C14H26N4/c1-5-18-13(16-10-17-18)8-14(4,12-6-7-12)9-15-11(2)3/h10-12,15H,5-9H2,1-4H3. The Morgan fingerprint density at radius 3 is 2.78 bits per heavy atom. The molecule has 1 saturated carbocycles. The van der Waals surface area contributed by atoms with E-state index in [1.165, 1.54) is 12.8 Å². The Morgan fingerprint density at radius 1 is 1.50 bits per heavy atom. The van der Waals surface area contributed by atoms with E-state index in [0.717, 1.165) is 31.3 Å². The summed E-state index contributed by atoms with van der Waals surface area (Å²) in [6, 6.07) is 0.548. The predicted octanol–water partition coefficient (Wildman–Crippen LogP) is 2.25. The summed E-state index contributed by atoms with van der Waals surface area (Å²) < 4.78 is 2.02. The quantitative estimate of drug-likeness (QED) is 0.807. The number of hydrogen-bond acceptors (Lipinski definition) is 3. The fraction of sp³-hybridized carbons (Fsp3) is 0.857. The Hall–Kier alpha value is -0.900. The Kier molecular flexibility index (Phi) is 4.05. The lowest BCUT2D eigenvalue weighted by Crippen LogP contribution is -2.39. The highest BCUT2D eigenvalue weighted by atomic mass is 15.3. The van der Waals surface area contributed by atoms with Gasteiger partial charge in [0, 0.05) is 25.6 Å². The normalized spacial score (nSPS) is 19.2. The molecular formula is C14H26N4. The number of nitrogens with one attached hydrogen (secondary N) is 1. The summed E-state index contributed by atoms with van der Waals surface area (Å²) >= 11 is 0. The summed E-state index contributed by atoms with van der Waals surface area (Å²) in [5.41, 5.74) is 0.324. The zero-order chi connectivity index (χ0) is 13.2. The van der Waals surface area contributed by atoms with Crippen LogP contribution in [0.3, 0.4) is 0 Å². The maximum absolute atomic E-state index is 4.43. The fourth-order valence-corrected chi connectivity index (χ4v) is 2.62. The Labute approximate surface area is 110 Å². The minimum Gasteiger partial charge on any atom is -0.314 e. The molecule has 0 aromatic carbocycles. The van der Waals surface area contributed by atoms with Gasteiger partial charge in [-0.05, 0) is 31.1 Å². The van der Waals surface area contributed by atoms with Crippen LogP contribution in [-0.4, -0.2) is 27.4 Å². The van der Waals surface area contributed by atoms with Crippen molar-refractivity contribution in [3.8, 4) is 0 Å². The maximum Gasteiger partial charge on any atom is 0.138 e. The Morgan fingerprint density at radius 2 is 2.22 bits per heavy atom. The first kappa shape index (κ1) is 13.5. The summed E-state index contributed by atoms with van der Waals surface area (Å²) in [4.78, 5) is 4.43. The van der Waals surface area contributed by atoms with Crippen molar-refractivity contribution in [3.05, 3.63) is 12.2 Å². The Balaban J connectivity index is 2.05. The molecule has 0 bridgehead atoms. The zero-order valence-electron chi connectivity index (χ0n) is 12.1. The topological polar surface area (TPSA) is 42.7 Å². The second kappa shape index (κ2) is 5.39. The molecule has 4 nitrogen and oxygen atoms in total. The van der Waals surface area contributed by atoms with Crippen molar-refractivity contribution in [2.75, 3.05) is 6.54 Å². The molecule has 0 radical (unpaired) electrons. The van der Waals surface area contributed by atoms with E-state index >= 15 is 0 Å². The van der Waals surface area contributed by atoms with E-state index in [1.54, 1.807) is 6.33 Å². The minimum absolute atomic E-state index is 0.324. The van der Waals surface area contributed by atoms with Crippen molar-refractivity contribution in [2.24, 2.45) is 11.3 Å². The number of aromatic nitrogens is 3. The smallest absolute Gasteiger partial charge is 0.138 e. The lowest BCUT2D eigenvalue weighted by atomic mass is 9.81. The van der Waals surface area contributed by atoms with E-state index in [9.17, 15) is 0 Å². The van der Waals surface area contributed by atoms with Crippen LogP contribution in [0.1, 0.15) is 46.4 Å². The lowest BCUT2D eigenvalue weighted by molar-refractivity contribution is 0.240. The van der Waals surface area contributed by atoms with E-state index in [-0.39, 0.29) is 0 Å². The van der Waals surface area contributed by atoms with Crippen LogP contribution in [0.25, 0.3) is 0 Å². The van der Waals surface area contributed by atoms with Gasteiger partial charge in [0.2, 0.25) is 0 Å². The molecule has 1 aromatic heterocycles. The van der Waals surface area contributed by atoms with Gasteiger partial charge in [-0.3, -0.25) is 4.68 Å². The van der Waals surface area contributed by atoms with Crippen molar-refractivity contribution in [2.45, 2.75) is 59.5 Å². The van der Waals surface area contributed by atoms with Gasteiger partial charge >= 0.3 is 0 Å². The molecule has 1 atom stereocenters. The van der Waals surface area contributed by atoms with Crippen LogP contribution in [0, 0.1) is 11.3 Å². The van der Waals surface area contributed by atoms with Gasteiger partial charge in [-0.1, -0.05) is 20.8 Å². The van der Waals surface area contributed by atoms with Gasteiger partial charge in [0.25, 0.3) is 0 Å². The van der Waals surface area contributed by atoms with Gasteiger partial charge in [-0.2, -0.15) is 5.10 Å². The van der Waals surface area contributed by atoms with Gasteiger partial charge in [0.15, 0.2) is 0 Å². The summed E-state index contributed by atoms with van der Waals surface area (Å²) in [5, 5.41) is 7.88. The highest BCUT2D eigenvalue weighted by Gasteiger charge is 2.42. The second-order valence-electron chi connectivity index (χ2n) is 6.13. The highest BCUT2D eigenvalue weighted by molar-refractivity contribution is 5.00. The number of rotatable bonds is 7. The summed E-state index contributed by atoms with van der Waals surface area (Å²) in [6.45, 7) is 10.9. The molecule has 0 spiro atoms. The largest absolute Gasteiger partial charge is 0.314 e. The third kappa shape index (κ3) is 3.10. The fourth-order valence-electron chi connectivity index (χ4n) is 2.62. The first-order chi connectivity index (χ1) is 8.55. The van der Waals surface area contributed by atoms with Gasteiger partial charge in [-0.15, -0.1) is 0 Å². The SMILES string of the molecule is CCn1ncnc1CC(C)(CNC(C)C)C1CC1. The summed E-state index contributed by atoms with van der Waals surface area (Å²) in [6.07, 6.45) is 5.46. The summed E-state index contributed by atoms with van der Waals surface area (Å²) in [7, 11) is 0. The van der Waals surface area contributed by atoms with E-state index < -0.39 is 0 Å². The molecule has 2 rings (SSSR count). The van der Waals surface area contributed by atoms with Gasteiger partial charge in [0.05, 0.1) is 0 Å². The molecule has 1 N–H and O–H groups in total. The minimum atomic E-state index is 0.324. The molecule has 1 aliphatic carbocycles. The van der Waals surface area contributed by atoms with Crippen LogP contribution in [0.5, 0.6) is 0 Å². The van der Waals surface area contributed by atoms with E-state index in [2.05, 4.69) is 43.1 Å². The summed E-state index contributed by atoms with van der Waals surface area (Å²) in [5.74, 6) is 1.99. The van der Waals surface area contributed by atoms with Crippen molar-refractivity contribution in [3.63, 3.8) is 0 Å². The van der Waals surface area contributed by atoms with E-state index in [1.807, 2.05) is 4.68 Å². The van der Waals surface area contributed by atoms with Crippen LogP contribution >= 0.6 is 0 Å². The monoisotopic (exact) mass is 250 g/mol. The van der Waals surface area contributed by atoms with Crippen LogP contribution in [0.4, 0.5) is 0 Å². The van der Waals surface area contributed by atoms with Crippen LogP contribution in [0.15, 0.2) is 6.33 Å². The maximum atomic E-state index is 4.43. The predicted molar refractivity (Wildman–Crippen MR) is 73.4 cm³/mol. The molecule has 0 aliphatic heterocycles.